The van der Waals surface area contributed by atoms with E-state index in [1.54, 1.807) is 24.3 Å². The molecule has 0 spiro atoms. The second-order valence-corrected chi connectivity index (χ2v) is 6.39. The molecule has 126 valence electrons. The number of unbranched alkanes of at least 4 members (excludes halogenated alkanes) is 2. The lowest BCUT2D eigenvalue weighted by molar-refractivity contribution is 0.0951. The maximum absolute atomic E-state index is 11.9. The molecule has 3 aromatic heterocycles. The Kier molecular flexibility index (Phi) is 5.43. The van der Waals surface area contributed by atoms with E-state index in [0.717, 1.165) is 30.6 Å². The van der Waals surface area contributed by atoms with Gasteiger partial charge in [0, 0.05) is 13.0 Å². The second-order valence-electron chi connectivity index (χ2n) is 5.45. The molecule has 7 heteroatoms. The normalized spacial score (nSPS) is 10.9. The summed E-state index contributed by atoms with van der Waals surface area (Å²) in [6, 6.07) is 5.63. The van der Waals surface area contributed by atoms with Gasteiger partial charge in [0.25, 0.3) is 5.91 Å². The summed E-state index contributed by atoms with van der Waals surface area (Å²) in [6.07, 6.45) is 5.13. The highest BCUT2D eigenvalue weighted by Crippen LogP contribution is 2.21. The van der Waals surface area contributed by atoms with Crippen LogP contribution in [0, 0.1) is 6.92 Å². The fourth-order valence-corrected chi connectivity index (χ4v) is 3.01. The van der Waals surface area contributed by atoms with Gasteiger partial charge in [-0.2, -0.15) is 4.98 Å². The maximum Gasteiger partial charge on any atom is 0.254 e. The van der Waals surface area contributed by atoms with Crippen LogP contribution in [0.3, 0.4) is 0 Å². The number of nitrogens with one attached hydrogen (secondary N) is 1. The number of nitrogens with zero attached hydrogens (tertiary/aromatic N) is 2. The Balaban J connectivity index is 1.33. The Hall–Kier alpha value is -2.41. The first-order chi connectivity index (χ1) is 11.7. The van der Waals surface area contributed by atoms with Gasteiger partial charge in [-0.05, 0) is 37.3 Å². The molecule has 24 heavy (non-hydrogen) atoms. The molecular weight excluding hydrogens is 326 g/mol. The van der Waals surface area contributed by atoms with Gasteiger partial charge in [-0.1, -0.05) is 17.6 Å². The first-order valence-corrected chi connectivity index (χ1v) is 8.81. The highest BCUT2D eigenvalue weighted by Gasteiger charge is 2.11. The number of hydrogen-bond donors (Lipinski definition) is 1. The van der Waals surface area contributed by atoms with Crippen LogP contribution < -0.4 is 5.32 Å². The van der Waals surface area contributed by atoms with Crippen LogP contribution in [0.4, 0.5) is 0 Å². The summed E-state index contributed by atoms with van der Waals surface area (Å²) in [7, 11) is 0. The van der Waals surface area contributed by atoms with Gasteiger partial charge < -0.3 is 14.3 Å². The number of furan rings is 1. The van der Waals surface area contributed by atoms with Crippen LogP contribution >= 0.6 is 11.3 Å². The molecule has 0 unspecified atom stereocenters. The third kappa shape index (κ3) is 4.11. The van der Waals surface area contributed by atoms with Crippen LogP contribution in [0.25, 0.3) is 10.7 Å². The summed E-state index contributed by atoms with van der Waals surface area (Å²) in [5, 5.41) is 8.88. The summed E-state index contributed by atoms with van der Waals surface area (Å²) >= 11 is 1.59. The minimum atomic E-state index is -0.0845. The third-order valence-corrected chi connectivity index (χ3v) is 4.53. The number of amides is 1. The number of carbonyl (C=O) groups is 1. The SMILES string of the molecule is Cc1occc1C(=O)NCCCCCc1nc(-c2cccs2)no1. The standard InChI is InChI=1S/C17H19N3O3S/c1-12-13(8-10-22-12)17(21)18-9-4-2-3-7-15-19-16(20-23-15)14-6-5-11-24-14/h5-6,8,10-11H,2-4,7,9H2,1H3,(H,18,21). The van der Waals surface area contributed by atoms with Gasteiger partial charge in [0.05, 0.1) is 16.7 Å². The summed E-state index contributed by atoms with van der Waals surface area (Å²) in [4.78, 5) is 17.3. The van der Waals surface area contributed by atoms with Gasteiger partial charge >= 0.3 is 0 Å². The summed E-state index contributed by atoms with van der Waals surface area (Å²) < 4.78 is 10.4. The predicted octanol–water partition coefficient (Wildman–Crippen LogP) is 3.84. The Morgan fingerprint density at radius 1 is 1.29 bits per heavy atom. The molecule has 0 saturated heterocycles. The molecule has 0 bridgehead atoms. The highest BCUT2D eigenvalue weighted by molar-refractivity contribution is 7.13. The van der Waals surface area contributed by atoms with Crippen molar-refractivity contribution in [2.45, 2.75) is 32.6 Å². The summed E-state index contributed by atoms with van der Waals surface area (Å²) in [6.45, 7) is 2.43. The van der Waals surface area contributed by atoms with E-state index in [-0.39, 0.29) is 5.91 Å². The van der Waals surface area contributed by atoms with Crippen molar-refractivity contribution in [2.24, 2.45) is 0 Å². The first kappa shape index (κ1) is 16.4. The highest BCUT2D eigenvalue weighted by atomic mass is 32.1. The van der Waals surface area contributed by atoms with Crippen LogP contribution in [-0.2, 0) is 6.42 Å². The average Bonchev–Trinajstić information content (AvgIpc) is 3.30. The van der Waals surface area contributed by atoms with Gasteiger partial charge in [0.1, 0.15) is 5.76 Å². The lowest BCUT2D eigenvalue weighted by Crippen LogP contribution is -2.24. The van der Waals surface area contributed by atoms with Crippen molar-refractivity contribution in [3.8, 4) is 10.7 Å². The van der Waals surface area contributed by atoms with Crippen molar-refractivity contribution in [2.75, 3.05) is 6.54 Å². The molecular formula is C17H19N3O3S. The van der Waals surface area contributed by atoms with Crippen molar-refractivity contribution in [1.29, 1.82) is 0 Å². The number of thiophene rings is 1. The Morgan fingerprint density at radius 2 is 2.21 bits per heavy atom. The molecule has 0 aromatic carbocycles. The van der Waals surface area contributed by atoms with E-state index < -0.39 is 0 Å². The monoisotopic (exact) mass is 345 g/mol. The summed E-state index contributed by atoms with van der Waals surface area (Å²) in [5.74, 6) is 1.88. The molecule has 3 heterocycles. The Morgan fingerprint density at radius 3 is 2.96 bits per heavy atom. The van der Waals surface area contributed by atoms with Crippen molar-refractivity contribution in [1.82, 2.24) is 15.5 Å². The molecule has 6 nitrogen and oxygen atoms in total. The average molecular weight is 345 g/mol. The lowest BCUT2D eigenvalue weighted by atomic mass is 10.2. The van der Waals surface area contributed by atoms with Gasteiger partial charge in [-0.15, -0.1) is 11.3 Å². The van der Waals surface area contributed by atoms with Crippen LogP contribution in [0.15, 0.2) is 38.8 Å². The van der Waals surface area contributed by atoms with E-state index in [1.165, 1.54) is 6.26 Å². The van der Waals surface area contributed by atoms with E-state index in [1.807, 2.05) is 17.5 Å². The van der Waals surface area contributed by atoms with Crippen LogP contribution in [0.1, 0.15) is 41.3 Å². The minimum absolute atomic E-state index is 0.0845. The van der Waals surface area contributed by atoms with Gasteiger partial charge in [-0.25, -0.2) is 0 Å². The molecule has 3 aromatic rings. The van der Waals surface area contributed by atoms with E-state index in [9.17, 15) is 4.79 Å². The largest absolute Gasteiger partial charge is 0.469 e. The van der Waals surface area contributed by atoms with Crippen molar-refractivity contribution in [3.05, 3.63) is 47.1 Å². The molecule has 1 N–H and O–H groups in total. The number of carbonyl (C=O) groups excluding carboxylic acids is 1. The molecule has 0 radical (unpaired) electrons. The van der Waals surface area contributed by atoms with Crippen LogP contribution in [-0.4, -0.2) is 22.6 Å². The number of aryl methyl sites for hydroxylation is 2. The quantitative estimate of drug-likeness (QED) is 0.627. The van der Waals surface area contributed by atoms with Gasteiger partial charge in [0.15, 0.2) is 0 Å². The van der Waals surface area contributed by atoms with Crippen LogP contribution in [0.2, 0.25) is 0 Å². The predicted molar refractivity (Wildman–Crippen MR) is 90.9 cm³/mol. The van der Waals surface area contributed by atoms with Crippen molar-refractivity contribution < 1.29 is 13.7 Å². The van der Waals surface area contributed by atoms with E-state index >= 15 is 0 Å². The Labute approximate surface area is 143 Å². The first-order valence-electron chi connectivity index (χ1n) is 7.93. The fourth-order valence-electron chi connectivity index (χ4n) is 2.36. The van der Waals surface area contributed by atoms with Gasteiger partial charge in [0.2, 0.25) is 11.7 Å². The topological polar surface area (TPSA) is 81.2 Å². The van der Waals surface area contributed by atoms with E-state index in [4.69, 9.17) is 8.94 Å². The van der Waals surface area contributed by atoms with E-state index in [2.05, 4.69) is 15.5 Å². The third-order valence-electron chi connectivity index (χ3n) is 3.67. The molecule has 3 rings (SSSR count). The van der Waals surface area contributed by atoms with Gasteiger partial charge in [-0.3, -0.25) is 4.79 Å². The molecule has 0 saturated carbocycles. The zero-order chi connectivity index (χ0) is 16.8. The molecule has 0 aliphatic heterocycles. The van der Waals surface area contributed by atoms with Crippen molar-refractivity contribution >= 4 is 17.2 Å². The molecule has 0 fully saturated rings. The molecule has 0 aliphatic rings. The molecule has 0 atom stereocenters. The molecule has 1 amide bonds. The number of rotatable bonds is 8. The maximum atomic E-state index is 11.9. The van der Waals surface area contributed by atoms with Crippen LogP contribution in [0.5, 0.6) is 0 Å². The summed E-state index contributed by atoms with van der Waals surface area (Å²) in [5.41, 5.74) is 0.599. The number of aromatic nitrogens is 2. The zero-order valence-corrected chi connectivity index (χ0v) is 14.3. The second kappa shape index (κ2) is 7.92. The smallest absolute Gasteiger partial charge is 0.254 e. The molecule has 0 aliphatic carbocycles. The number of hydrogen-bond acceptors (Lipinski definition) is 6. The fraction of sp³-hybridized carbons (Fsp3) is 0.353. The Bertz CT molecular complexity index is 777. The zero-order valence-electron chi connectivity index (χ0n) is 13.4. The minimum Gasteiger partial charge on any atom is -0.469 e. The lowest BCUT2D eigenvalue weighted by Gasteiger charge is -2.03. The van der Waals surface area contributed by atoms with Crippen molar-refractivity contribution in [3.63, 3.8) is 0 Å². The van der Waals surface area contributed by atoms with E-state index in [0.29, 0.717) is 29.6 Å².